The van der Waals surface area contributed by atoms with Crippen molar-refractivity contribution in [1.29, 1.82) is 0 Å². The van der Waals surface area contributed by atoms with Crippen LogP contribution in [-0.4, -0.2) is 25.8 Å². The Hall–Kier alpha value is -1.62. The van der Waals surface area contributed by atoms with Crippen molar-refractivity contribution in [3.8, 4) is 5.69 Å². The maximum Gasteiger partial charge on any atom is 0.0996 e. The van der Waals surface area contributed by atoms with Crippen molar-refractivity contribution in [1.82, 2.24) is 25.1 Å². The lowest BCUT2D eigenvalue weighted by molar-refractivity contribution is 0.677. The second kappa shape index (κ2) is 4.00. The molecule has 0 radical (unpaired) electrons. The summed E-state index contributed by atoms with van der Waals surface area (Å²) in [4.78, 5) is 4.41. The van der Waals surface area contributed by atoms with E-state index in [4.69, 9.17) is 0 Å². The van der Waals surface area contributed by atoms with Crippen LogP contribution in [0.15, 0.2) is 12.5 Å². The minimum absolute atomic E-state index is 0.720. The quantitative estimate of drug-likeness (QED) is 0.837. The summed E-state index contributed by atoms with van der Waals surface area (Å²) >= 11 is 0. The molecule has 5 heteroatoms. The summed E-state index contributed by atoms with van der Waals surface area (Å²) in [6.07, 6.45) is 6.54. The van der Waals surface area contributed by atoms with Crippen molar-refractivity contribution >= 4 is 0 Å². The SMILES string of the molecule is Cc1n[nH]c(C)c1-n1cnc(CNC2CC2)c1. The minimum atomic E-state index is 0.720. The van der Waals surface area contributed by atoms with Gasteiger partial charge in [0.05, 0.1) is 29.1 Å². The Balaban J connectivity index is 1.79. The van der Waals surface area contributed by atoms with Crippen LogP contribution in [0.5, 0.6) is 0 Å². The van der Waals surface area contributed by atoms with Crippen LogP contribution in [0, 0.1) is 13.8 Å². The van der Waals surface area contributed by atoms with Crippen LogP contribution in [0.2, 0.25) is 0 Å². The van der Waals surface area contributed by atoms with Gasteiger partial charge in [-0.3, -0.25) is 5.10 Å². The van der Waals surface area contributed by atoms with E-state index in [9.17, 15) is 0 Å². The summed E-state index contributed by atoms with van der Waals surface area (Å²) in [5.41, 5.74) is 4.26. The first kappa shape index (κ1) is 10.5. The number of hydrogen-bond acceptors (Lipinski definition) is 3. The largest absolute Gasteiger partial charge is 0.308 e. The highest BCUT2D eigenvalue weighted by molar-refractivity contribution is 5.40. The van der Waals surface area contributed by atoms with E-state index in [1.165, 1.54) is 12.8 Å². The molecule has 0 aromatic carbocycles. The number of aryl methyl sites for hydroxylation is 2. The molecule has 5 nitrogen and oxygen atoms in total. The van der Waals surface area contributed by atoms with Gasteiger partial charge in [-0.2, -0.15) is 5.10 Å². The van der Waals surface area contributed by atoms with Crippen molar-refractivity contribution in [2.75, 3.05) is 0 Å². The zero-order valence-corrected chi connectivity index (χ0v) is 10.2. The molecule has 2 aromatic rings. The normalized spacial score (nSPS) is 15.4. The van der Waals surface area contributed by atoms with Crippen LogP contribution in [0.25, 0.3) is 5.69 Å². The Morgan fingerprint density at radius 1 is 1.47 bits per heavy atom. The van der Waals surface area contributed by atoms with Crippen LogP contribution in [0.3, 0.4) is 0 Å². The number of aromatic amines is 1. The maximum absolute atomic E-state index is 4.41. The molecule has 1 saturated carbocycles. The van der Waals surface area contributed by atoms with Gasteiger partial charge in [-0.05, 0) is 26.7 Å². The number of H-pyrrole nitrogens is 1. The van der Waals surface area contributed by atoms with Gasteiger partial charge in [0.15, 0.2) is 0 Å². The third-order valence-electron chi connectivity index (χ3n) is 3.13. The average Bonchev–Trinajstić information content (AvgIpc) is 2.94. The summed E-state index contributed by atoms with van der Waals surface area (Å²) in [6, 6.07) is 0.720. The highest BCUT2D eigenvalue weighted by Crippen LogP contribution is 2.20. The molecule has 17 heavy (non-hydrogen) atoms. The van der Waals surface area contributed by atoms with Crippen LogP contribution in [0.1, 0.15) is 29.9 Å². The molecule has 2 aromatic heterocycles. The van der Waals surface area contributed by atoms with Crippen LogP contribution >= 0.6 is 0 Å². The fourth-order valence-electron chi connectivity index (χ4n) is 2.04. The molecule has 1 aliphatic rings. The second-order valence-electron chi connectivity index (χ2n) is 4.71. The molecule has 0 atom stereocenters. The molecular formula is C12H17N5. The van der Waals surface area contributed by atoms with Crippen molar-refractivity contribution in [2.24, 2.45) is 0 Å². The van der Waals surface area contributed by atoms with E-state index in [1.807, 2.05) is 24.7 Å². The van der Waals surface area contributed by atoms with Gasteiger partial charge in [0, 0.05) is 18.8 Å². The average molecular weight is 231 g/mol. The molecule has 1 aliphatic carbocycles. The lowest BCUT2D eigenvalue weighted by atomic mass is 10.3. The zero-order valence-electron chi connectivity index (χ0n) is 10.2. The molecule has 2 N–H and O–H groups in total. The van der Waals surface area contributed by atoms with Crippen molar-refractivity contribution in [3.63, 3.8) is 0 Å². The minimum Gasteiger partial charge on any atom is -0.308 e. The Bertz CT molecular complexity index is 501. The fourth-order valence-corrected chi connectivity index (χ4v) is 2.04. The van der Waals surface area contributed by atoms with E-state index in [1.54, 1.807) is 0 Å². The smallest absolute Gasteiger partial charge is 0.0996 e. The van der Waals surface area contributed by atoms with Crippen LogP contribution in [-0.2, 0) is 6.54 Å². The summed E-state index contributed by atoms with van der Waals surface area (Å²) < 4.78 is 2.04. The molecule has 0 saturated heterocycles. The summed E-state index contributed by atoms with van der Waals surface area (Å²) in [6.45, 7) is 4.88. The molecule has 3 rings (SSSR count). The number of rotatable bonds is 4. The number of hydrogen-bond donors (Lipinski definition) is 2. The highest BCUT2D eigenvalue weighted by atomic mass is 15.2. The van der Waals surface area contributed by atoms with E-state index in [2.05, 4.69) is 26.7 Å². The van der Waals surface area contributed by atoms with Crippen molar-refractivity contribution in [3.05, 3.63) is 29.6 Å². The van der Waals surface area contributed by atoms with Gasteiger partial charge in [0.1, 0.15) is 0 Å². The zero-order chi connectivity index (χ0) is 11.8. The van der Waals surface area contributed by atoms with Crippen molar-refractivity contribution < 1.29 is 0 Å². The Labute approximate surface area is 100 Å². The van der Waals surface area contributed by atoms with Gasteiger partial charge in [-0.25, -0.2) is 4.98 Å². The molecule has 0 aliphatic heterocycles. The van der Waals surface area contributed by atoms with Crippen LogP contribution in [0.4, 0.5) is 0 Å². The van der Waals surface area contributed by atoms with E-state index >= 15 is 0 Å². The third kappa shape index (κ3) is 2.10. The van der Waals surface area contributed by atoms with E-state index in [0.29, 0.717) is 0 Å². The van der Waals surface area contributed by atoms with Gasteiger partial charge < -0.3 is 9.88 Å². The van der Waals surface area contributed by atoms with Gasteiger partial charge >= 0.3 is 0 Å². The topological polar surface area (TPSA) is 58.5 Å². The van der Waals surface area contributed by atoms with Gasteiger partial charge in [0.25, 0.3) is 0 Å². The maximum atomic E-state index is 4.41. The first-order valence-electron chi connectivity index (χ1n) is 6.02. The molecule has 0 amide bonds. The number of nitrogens with zero attached hydrogens (tertiary/aromatic N) is 3. The molecular weight excluding hydrogens is 214 g/mol. The number of imidazole rings is 1. The first-order valence-corrected chi connectivity index (χ1v) is 6.02. The van der Waals surface area contributed by atoms with Gasteiger partial charge in [-0.15, -0.1) is 0 Å². The predicted molar refractivity (Wildman–Crippen MR) is 65.0 cm³/mol. The Morgan fingerprint density at radius 3 is 2.94 bits per heavy atom. The van der Waals surface area contributed by atoms with Crippen LogP contribution < -0.4 is 5.32 Å². The lowest BCUT2D eigenvalue weighted by Crippen LogP contribution is -2.15. The summed E-state index contributed by atoms with van der Waals surface area (Å²) in [5.74, 6) is 0. The molecule has 0 unspecified atom stereocenters. The van der Waals surface area contributed by atoms with E-state index in [0.717, 1.165) is 35.4 Å². The number of nitrogens with one attached hydrogen (secondary N) is 2. The number of aromatic nitrogens is 4. The Morgan fingerprint density at radius 2 is 2.29 bits per heavy atom. The molecule has 0 bridgehead atoms. The van der Waals surface area contributed by atoms with E-state index in [-0.39, 0.29) is 0 Å². The van der Waals surface area contributed by atoms with E-state index < -0.39 is 0 Å². The first-order chi connectivity index (χ1) is 8.24. The monoisotopic (exact) mass is 231 g/mol. The molecule has 1 fully saturated rings. The Kier molecular flexibility index (Phi) is 2.48. The van der Waals surface area contributed by atoms with Crippen molar-refractivity contribution in [2.45, 2.75) is 39.3 Å². The highest BCUT2D eigenvalue weighted by Gasteiger charge is 2.20. The molecule has 2 heterocycles. The summed E-state index contributed by atoms with van der Waals surface area (Å²) in [7, 11) is 0. The predicted octanol–water partition coefficient (Wildman–Crippen LogP) is 1.46. The standard InChI is InChI=1S/C12H17N5/c1-8-12(9(2)16-15-8)17-6-11(14-7-17)5-13-10-3-4-10/h6-7,10,13H,3-5H2,1-2H3,(H,15,16). The summed E-state index contributed by atoms with van der Waals surface area (Å²) in [5, 5.41) is 10.6. The molecule has 90 valence electrons. The second-order valence-corrected chi connectivity index (χ2v) is 4.71. The molecule has 0 spiro atoms. The van der Waals surface area contributed by atoms with Gasteiger partial charge in [0.2, 0.25) is 0 Å². The lowest BCUT2D eigenvalue weighted by Gasteiger charge is -2.01. The third-order valence-corrected chi connectivity index (χ3v) is 3.13. The van der Waals surface area contributed by atoms with Gasteiger partial charge in [-0.1, -0.05) is 0 Å². The fraction of sp³-hybridized carbons (Fsp3) is 0.500.